The van der Waals surface area contributed by atoms with E-state index in [1.165, 1.54) is 0 Å². The van der Waals surface area contributed by atoms with E-state index in [0.717, 1.165) is 54.1 Å². The fourth-order valence-electron chi connectivity index (χ4n) is 4.65. The quantitative estimate of drug-likeness (QED) is 0.301. The van der Waals surface area contributed by atoms with Crippen molar-refractivity contribution in [1.29, 1.82) is 0 Å². The van der Waals surface area contributed by atoms with Gasteiger partial charge in [-0.2, -0.15) is 5.10 Å². The van der Waals surface area contributed by atoms with Gasteiger partial charge in [-0.25, -0.2) is 9.97 Å². The maximum absolute atomic E-state index is 11.4. The third-order valence-electron chi connectivity index (χ3n) is 6.72. The number of H-pyrrole nitrogens is 1. The van der Waals surface area contributed by atoms with Crippen LogP contribution in [0.1, 0.15) is 26.7 Å². The van der Waals surface area contributed by atoms with Crippen molar-refractivity contribution in [2.75, 3.05) is 42.8 Å². The number of carbonyl (C=O) groups excluding carboxylic acids is 1. The highest BCUT2D eigenvalue weighted by Crippen LogP contribution is 2.36. The van der Waals surface area contributed by atoms with E-state index < -0.39 is 0 Å². The molecule has 2 aromatic heterocycles. The van der Waals surface area contributed by atoms with Gasteiger partial charge in [-0.1, -0.05) is 12.1 Å². The van der Waals surface area contributed by atoms with Gasteiger partial charge >= 0.3 is 0 Å². The molecule has 0 spiro atoms. The number of nitrogens with zero attached hydrogens (tertiary/aromatic N) is 4. The number of methoxy groups -OCH3 is 2. The lowest BCUT2D eigenvalue weighted by Crippen LogP contribution is -2.46. The van der Waals surface area contributed by atoms with Crippen molar-refractivity contribution in [2.45, 2.75) is 38.9 Å². The highest BCUT2D eigenvalue weighted by Gasteiger charge is 2.29. The van der Waals surface area contributed by atoms with E-state index in [-0.39, 0.29) is 24.0 Å². The Kier molecular flexibility index (Phi) is 8.30. The van der Waals surface area contributed by atoms with Gasteiger partial charge in [0, 0.05) is 30.1 Å². The summed E-state index contributed by atoms with van der Waals surface area (Å²) in [6.45, 7) is 5.63. The molecule has 3 heterocycles. The number of anilines is 4. The van der Waals surface area contributed by atoms with E-state index in [9.17, 15) is 4.79 Å². The standard InChI is InChI=1S/C18H22N6O2.C11H13NO2/c1-11-8-24(9-12(2)26-11)18-15(25-3)17(19-10-20-18)21-16-13-6-4-5-7-14(13)22-23-16;1-14-10-6-4-9(5-7-10)12-11(13)8-2-3-8/h4-7,10-12H,8-9H2,1-3H3,(H2,19,20,21,22,23);4-8H,2-3H2,1H3,(H,12,13). The maximum Gasteiger partial charge on any atom is 0.227 e. The van der Waals surface area contributed by atoms with Gasteiger partial charge in [0.1, 0.15) is 12.1 Å². The van der Waals surface area contributed by atoms with Crippen molar-refractivity contribution >= 4 is 40.0 Å². The number of rotatable bonds is 7. The first kappa shape index (κ1) is 27.2. The van der Waals surface area contributed by atoms with Crippen LogP contribution in [-0.2, 0) is 9.53 Å². The van der Waals surface area contributed by atoms with E-state index in [0.29, 0.717) is 17.4 Å². The molecular weight excluding hydrogens is 510 g/mol. The SMILES string of the molecule is COc1c(Nc2n[nH]c3ccccc23)ncnc1N1CC(C)OC(C)C1.COc1ccc(NC(=O)C2CC2)cc1. The molecule has 1 aliphatic carbocycles. The maximum atomic E-state index is 11.4. The lowest BCUT2D eigenvalue weighted by Gasteiger charge is -2.36. The summed E-state index contributed by atoms with van der Waals surface area (Å²) in [7, 11) is 3.25. The van der Waals surface area contributed by atoms with Crippen LogP contribution in [-0.4, -0.2) is 65.6 Å². The Hall–Kier alpha value is -4.38. The lowest BCUT2D eigenvalue weighted by atomic mass is 10.2. The van der Waals surface area contributed by atoms with Gasteiger partial charge in [0.15, 0.2) is 17.5 Å². The second-order valence-corrected chi connectivity index (χ2v) is 9.98. The van der Waals surface area contributed by atoms with Crippen LogP contribution in [0.3, 0.4) is 0 Å². The van der Waals surface area contributed by atoms with Crippen molar-refractivity contribution in [3.05, 3.63) is 54.9 Å². The number of amides is 1. The van der Waals surface area contributed by atoms with Gasteiger partial charge in [-0.05, 0) is 63.1 Å². The largest absolute Gasteiger partial charge is 0.497 e. The zero-order valence-electron chi connectivity index (χ0n) is 23.2. The predicted molar refractivity (Wildman–Crippen MR) is 155 cm³/mol. The van der Waals surface area contributed by atoms with Gasteiger partial charge in [-0.3, -0.25) is 9.89 Å². The summed E-state index contributed by atoms with van der Waals surface area (Å²) in [5, 5.41) is 14.5. The predicted octanol–water partition coefficient (Wildman–Crippen LogP) is 4.76. The first-order valence-corrected chi connectivity index (χ1v) is 13.4. The molecule has 3 N–H and O–H groups in total. The first-order chi connectivity index (χ1) is 19.4. The Morgan fingerprint density at radius 2 is 1.70 bits per heavy atom. The second kappa shape index (κ2) is 12.2. The van der Waals surface area contributed by atoms with Crippen LogP contribution >= 0.6 is 0 Å². The van der Waals surface area contributed by atoms with Crippen molar-refractivity contribution in [2.24, 2.45) is 5.92 Å². The second-order valence-electron chi connectivity index (χ2n) is 9.98. The van der Waals surface area contributed by atoms with E-state index in [2.05, 4.69) is 49.5 Å². The van der Waals surface area contributed by atoms with E-state index in [1.54, 1.807) is 20.5 Å². The Morgan fingerprint density at radius 1 is 0.975 bits per heavy atom. The number of para-hydroxylation sites is 1. The van der Waals surface area contributed by atoms with Crippen LogP contribution < -0.4 is 25.0 Å². The molecule has 1 saturated heterocycles. The van der Waals surface area contributed by atoms with Gasteiger partial charge in [-0.15, -0.1) is 0 Å². The normalized spacial score (nSPS) is 18.4. The molecule has 40 heavy (non-hydrogen) atoms. The molecule has 1 amide bonds. The summed E-state index contributed by atoms with van der Waals surface area (Å²) in [5.74, 6) is 3.82. The summed E-state index contributed by atoms with van der Waals surface area (Å²) in [6, 6.07) is 15.3. The lowest BCUT2D eigenvalue weighted by molar-refractivity contribution is -0.117. The third kappa shape index (κ3) is 6.42. The van der Waals surface area contributed by atoms with Crippen molar-refractivity contribution in [3.63, 3.8) is 0 Å². The summed E-state index contributed by atoms with van der Waals surface area (Å²) in [6.07, 6.45) is 3.86. The summed E-state index contributed by atoms with van der Waals surface area (Å²) < 4.78 is 16.5. The highest BCUT2D eigenvalue weighted by molar-refractivity contribution is 5.94. The summed E-state index contributed by atoms with van der Waals surface area (Å²) >= 11 is 0. The molecular formula is C29H35N7O4. The Balaban J connectivity index is 0.000000194. The molecule has 6 rings (SSSR count). The Labute approximate surface area is 233 Å². The zero-order chi connectivity index (χ0) is 28.1. The Morgan fingerprint density at radius 3 is 2.38 bits per heavy atom. The summed E-state index contributed by atoms with van der Waals surface area (Å²) in [5.41, 5.74) is 1.79. The van der Waals surface area contributed by atoms with Crippen molar-refractivity contribution in [1.82, 2.24) is 20.2 Å². The minimum Gasteiger partial charge on any atom is -0.497 e. The molecule has 11 nitrogen and oxygen atoms in total. The molecule has 2 aliphatic rings. The number of morpholine rings is 1. The van der Waals surface area contributed by atoms with Crippen LogP contribution in [0.25, 0.3) is 10.9 Å². The van der Waals surface area contributed by atoms with Gasteiger partial charge in [0.2, 0.25) is 11.7 Å². The molecule has 11 heteroatoms. The Bertz CT molecular complexity index is 1430. The molecule has 1 aliphatic heterocycles. The molecule has 2 aromatic carbocycles. The van der Waals surface area contributed by atoms with E-state index in [4.69, 9.17) is 14.2 Å². The monoisotopic (exact) mass is 545 g/mol. The van der Waals surface area contributed by atoms with Crippen LogP contribution in [0, 0.1) is 5.92 Å². The van der Waals surface area contributed by atoms with E-state index >= 15 is 0 Å². The fourth-order valence-corrected chi connectivity index (χ4v) is 4.65. The molecule has 1 saturated carbocycles. The van der Waals surface area contributed by atoms with Crippen LogP contribution in [0.4, 0.5) is 23.1 Å². The fraction of sp³-hybridized carbons (Fsp3) is 0.379. The number of nitrogens with one attached hydrogen (secondary N) is 3. The smallest absolute Gasteiger partial charge is 0.227 e. The highest BCUT2D eigenvalue weighted by atomic mass is 16.5. The number of hydrogen-bond acceptors (Lipinski definition) is 9. The number of carbonyl (C=O) groups is 1. The first-order valence-electron chi connectivity index (χ1n) is 13.4. The molecule has 2 atom stereocenters. The van der Waals surface area contributed by atoms with E-state index in [1.807, 2.05) is 48.5 Å². The number of aromatic nitrogens is 4. The molecule has 2 unspecified atom stereocenters. The van der Waals surface area contributed by atoms with Crippen molar-refractivity contribution < 1.29 is 19.0 Å². The number of ether oxygens (including phenoxy) is 3. The van der Waals surface area contributed by atoms with Gasteiger partial charge in [0.05, 0.1) is 31.9 Å². The molecule has 0 bridgehead atoms. The van der Waals surface area contributed by atoms with Crippen LogP contribution in [0.15, 0.2) is 54.9 Å². The molecule has 0 radical (unpaired) electrons. The van der Waals surface area contributed by atoms with Crippen molar-refractivity contribution in [3.8, 4) is 11.5 Å². The average molecular weight is 546 g/mol. The topological polar surface area (TPSA) is 127 Å². The van der Waals surface area contributed by atoms with Crippen LogP contribution in [0.2, 0.25) is 0 Å². The zero-order valence-corrected chi connectivity index (χ0v) is 23.2. The molecule has 4 aromatic rings. The van der Waals surface area contributed by atoms with Gasteiger partial charge in [0.25, 0.3) is 0 Å². The number of hydrogen-bond donors (Lipinski definition) is 3. The summed E-state index contributed by atoms with van der Waals surface area (Å²) in [4.78, 5) is 22.4. The number of fused-ring (bicyclic) bond motifs is 1. The number of aromatic amines is 1. The van der Waals surface area contributed by atoms with Crippen LogP contribution in [0.5, 0.6) is 11.5 Å². The molecule has 2 fully saturated rings. The van der Waals surface area contributed by atoms with Gasteiger partial charge < -0.3 is 29.7 Å². The average Bonchev–Trinajstić information content (AvgIpc) is 3.75. The minimum absolute atomic E-state index is 0.130. The molecule has 210 valence electrons. The third-order valence-corrected chi connectivity index (χ3v) is 6.72. The number of benzene rings is 2. The minimum atomic E-state index is 0.130.